The molecule has 210 valence electrons. The van der Waals surface area contributed by atoms with Crippen LogP contribution in [0.4, 0.5) is 5.69 Å². The minimum Gasteiger partial charge on any atom is -0.493 e. The first kappa shape index (κ1) is 32.0. The number of hydrogen-bond donors (Lipinski definition) is 0. The van der Waals surface area contributed by atoms with Crippen molar-refractivity contribution in [3.63, 3.8) is 0 Å². The van der Waals surface area contributed by atoms with Crippen molar-refractivity contribution >= 4 is 13.8 Å². The summed E-state index contributed by atoms with van der Waals surface area (Å²) in [6, 6.07) is 11.9. The van der Waals surface area contributed by atoms with Gasteiger partial charge in [-0.15, -0.1) is 10.7 Å². The minimum atomic E-state index is -1.55. The van der Waals surface area contributed by atoms with Gasteiger partial charge in [-0.25, -0.2) is 0 Å². The number of nitrogens with zero attached hydrogens (tertiary/aromatic N) is 3. The van der Waals surface area contributed by atoms with Crippen LogP contribution in [0, 0.1) is 35.1 Å². The molecule has 0 N–H and O–H groups in total. The molecule has 5 nitrogen and oxygen atoms in total. The summed E-state index contributed by atoms with van der Waals surface area (Å²) in [6.07, 6.45) is 2.15. The van der Waals surface area contributed by atoms with Gasteiger partial charge < -0.3 is 9.47 Å². The number of rotatable bonds is 12. The van der Waals surface area contributed by atoms with Gasteiger partial charge in [-0.2, -0.15) is 0 Å². The quantitative estimate of drug-likeness (QED) is 0.116. The summed E-state index contributed by atoms with van der Waals surface area (Å²) < 4.78 is 12.1. The maximum absolute atomic E-state index is 6.07. The molecule has 0 aliphatic carbocycles. The highest BCUT2D eigenvalue weighted by atomic mass is 28.3. The zero-order chi connectivity index (χ0) is 28.8. The standard InChI is InChI=1S/C33H47N3O2Si/c1-10-26(5)24-37-31-18-16-28(20-21-39(7,8)9)30(22-31)15-14-29-17-19-32(38-25-27(6)11-2)23-33(29)34-35-36(12-3)13-4/h16-19,22-23,26-27H,10-13,24-25H2,1-9H3/t26-,27-/m0/s1. The van der Waals surface area contributed by atoms with Crippen LogP contribution in [0.5, 0.6) is 11.5 Å². The molecule has 0 radical (unpaired) electrons. The van der Waals surface area contributed by atoms with Crippen molar-refractivity contribution in [2.45, 2.75) is 74.0 Å². The van der Waals surface area contributed by atoms with Crippen molar-refractivity contribution in [3.05, 3.63) is 53.1 Å². The van der Waals surface area contributed by atoms with E-state index in [1.54, 1.807) is 0 Å². The van der Waals surface area contributed by atoms with Gasteiger partial charge in [0.25, 0.3) is 0 Å². The van der Waals surface area contributed by atoms with E-state index < -0.39 is 8.07 Å². The van der Waals surface area contributed by atoms with Crippen LogP contribution in [0.1, 0.15) is 71.1 Å². The third kappa shape index (κ3) is 11.6. The number of hydrogen-bond acceptors (Lipinski definition) is 4. The van der Waals surface area contributed by atoms with Gasteiger partial charge in [0, 0.05) is 30.3 Å². The molecular weight excluding hydrogens is 498 g/mol. The van der Waals surface area contributed by atoms with Crippen LogP contribution in [0.2, 0.25) is 19.6 Å². The summed E-state index contributed by atoms with van der Waals surface area (Å²) in [5, 5.41) is 10.9. The van der Waals surface area contributed by atoms with Gasteiger partial charge in [-0.1, -0.05) is 83.2 Å². The first-order chi connectivity index (χ1) is 18.6. The fourth-order valence-corrected chi connectivity index (χ4v) is 3.69. The van der Waals surface area contributed by atoms with Gasteiger partial charge in [0.1, 0.15) is 25.3 Å². The normalized spacial score (nSPS) is 12.6. The van der Waals surface area contributed by atoms with Gasteiger partial charge in [-0.3, -0.25) is 5.01 Å². The highest BCUT2D eigenvalue weighted by molar-refractivity contribution is 6.83. The van der Waals surface area contributed by atoms with Crippen molar-refractivity contribution in [2.75, 3.05) is 26.3 Å². The molecule has 0 amide bonds. The zero-order valence-corrected chi connectivity index (χ0v) is 26.5. The van der Waals surface area contributed by atoms with Crippen LogP contribution in [0.15, 0.2) is 46.7 Å². The molecule has 0 bridgehead atoms. The monoisotopic (exact) mass is 545 g/mol. The lowest BCUT2D eigenvalue weighted by Crippen LogP contribution is -2.16. The van der Waals surface area contributed by atoms with E-state index >= 15 is 0 Å². The Kier molecular flexibility index (Phi) is 13.1. The molecule has 0 heterocycles. The molecule has 0 spiro atoms. The smallest absolute Gasteiger partial charge is 0.129 e. The average Bonchev–Trinajstić information content (AvgIpc) is 2.93. The topological polar surface area (TPSA) is 46.4 Å². The van der Waals surface area contributed by atoms with Crippen molar-refractivity contribution < 1.29 is 9.47 Å². The molecule has 0 aliphatic heterocycles. The molecule has 0 unspecified atom stereocenters. The molecule has 0 fully saturated rings. The molecule has 0 aliphatic rings. The average molecular weight is 546 g/mol. The summed E-state index contributed by atoms with van der Waals surface area (Å²) in [6.45, 7) is 22.5. The van der Waals surface area contributed by atoms with Gasteiger partial charge in [-0.05, 0) is 56.0 Å². The van der Waals surface area contributed by atoms with Crippen molar-refractivity contribution in [1.82, 2.24) is 5.01 Å². The predicted octanol–water partition coefficient (Wildman–Crippen LogP) is 8.51. The molecular formula is C33H47N3O2Si. The van der Waals surface area contributed by atoms with Crippen molar-refractivity contribution in [2.24, 2.45) is 22.2 Å². The van der Waals surface area contributed by atoms with Gasteiger partial charge in [0.15, 0.2) is 0 Å². The molecule has 0 saturated carbocycles. The van der Waals surface area contributed by atoms with E-state index in [0.717, 1.165) is 54.1 Å². The van der Waals surface area contributed by atoms with E-state index in [2.05, 4.69) is 94.8 Å². The lowest BCUT2D eigenvalue weighted by Gasteiger charge is -2.13. The Morgan fingerprint density at radius 1 is 0.744 bits per heavy atom. The van der Waals surface area contributed by atoms with Crippen molar-refractivity contribution in [3.8, 4) is 34.8 Å². The van der Waals surface area contributed by atoms with E-state index in [9.17, 15) is 0 Å². The van der Waals surface area contributed by atoms with Crippen LogP contribution in [-0.4, -0.2) is 39.4 Å². The Morgan fingerprint density at radius 2 is 1.28 bits per heavy atom. The van der Waals surface area contributed by atoms with Crippen LogP contribution < -0.4 is 9.47 Å². The fourth-order valence-electron chi connectivity index (χ4n) is 3.18. The Hall–Kier alpha value is -3.22. The zero-order valence-electron chi connectivity index (χ0n) is 25.5. The van der Waals surface area contributed by atoms with Gasteiger partial charge in [0.05, 0.1) is 18.8 Å². The van der Waals surface area contributed by atoms with E-state index in [0.29, 0.717) is 30.7 Å². The summed E-state index contributed by atoms with van der Waals surface area (Å²) in [5.74, 6) is 12.7. The Morgan fingerprint density at radius 3 is 1.82 bits per heavy atom. The molecule has 2 rings (SSSR count). The molecule has 0 saturated heterocycles. The van der Waals surface area contributed by atoms with Crippen LogP contribution in [-0.2, 0) is 0 Å². The van der Waals surface area contributed by atoms with Gasteiger partial charge >= 0.3 is 0 Å². The van der Waals surface area contributed by atoms with E-state index in [1.165, 1.54) is 0 Å². The van der Waals surface area contributed by atoms with Crippen LogP contribution in [0.25, 0.3) is 0 Å². The summed E-state index contributed by atoms with van der Waals surface area (Å²) in [5.41, 5.74) is 6.72. The maximum atomic E-state index is 6.07. The first-order valence-corrected chi connectivity index (χ1v) is 17.8. The highest BCUT2D eigenvalue weighted by Gasteiger charge is 2.10. The number of ether oxygens (including phenoxy) is 2. The predicted molar refractivity (Wildman–Crippen MR) is 166 cm³/mol. The Balaban J connectivity index is 2.52. The second-order valence-corrected chi connectivity index (χ2v) is 15.9. The largest absolute Gasteiger partial charge is 0.493 e. The lowest BCUT2D eigenvalue weighted by atomic mass is 10.1. The molecule has 2 aromatic rings. The molecule has 0 aromatic heterocycles. The molecule has 2 atom stereocenters. The van der Waals surface area contributed by atoms with E-state index in [1.807, 2.05) is 41.4 Å². The second-order valence-electron chi connectivity index (χ2n) is 11.1. The van der Waals surface area contributed by atoms with E-state index in [4.69, 9.17) is 9.47 Å². The molecule has 2 aromatic carbocycles. The molecule has 39 heavy (non-hydrogen) atoms. The van der Waals surface area contributed by atoms with Crippen LogP contribution in [0.3, 0.4) is 0 Å². The Labute approximate surface area is 238 Å². The highest BCUT2D eigenvalue weighted by Crippen LogP contribution is 2.27. The first-order valence-electron chi connectivity index (χ1n) is 14.3. The number of benzene rings is 2. The summed E-state index contributed by atoms with van der Waals surface area (Å²) >= 11 is 0. The van der Waals surface area contributed by atoms with Gasteiger partial charge in [0.2, 0.25) is 0 Å². The molecule has 6 heteroatoms. The van der Waals surface area contributed by atoms with Crippen molar-refractivity contribution in [1.29, 1.82) is 0 Å². The summed E-state index contributed by atoms with van der Waals surface area (Å²) in [4.78, 5) is 0. The minimum absolute atomic E-state index is 0.482. The third-order valence-corrected chi connectivity index (χ3v) is 7.21. The summed E-state index contributed by atoms with van der Waals surface area (Å²) in [7, 11) is -1.55. The lowest BCUT2D eigenvalue weighted by molar-refractivity contribution is 0.256. The fraction of sp³-hybridized carbons (Fsp3) is 0.515. The Bertz CT molecular complexity index is 1210. The van der Waals surface area contributed by atoms with Crippen LogP contribution >= 0.6 is 0 Å². The maximum Gasteiger partial charge on any atom is 0.129 e. The second kappa shape index (κ2) is 16.0. The van der Waals surface area contributed by atoms with E-state index in [-0.39, 0.29) is 0 Å². The SMILES string of the molecule is CC[C@H](C)COc1ccc(C#C[Si](C)(C)C)c(C#Cc2ccc(OC[C@@H](C)CC)cc2N=NN(CC)CC)c1. The third-order valence-electron chi connectivity index (χ3n) is 6.34.